The van der Waals surface area contributed by atoms with Crippen molar-refractivity contribution in [1.82, 2.24) is 10.6 Å². The molecule has 0 spiro atoms. The molecule has 0 aliphatic heterocycles. The van der Waals surface area contributed by atoms with Gasteiger partial charge in [0.1, 0.15) is 11.5 Å². The molecule has 2 amide bonds. The van der Waals surface area contributed by atoms with Crippen LogP contribution in [0.15, 0.2) is 84.9 Å². The van der Waals surface area contributed by atoms with Gasteiger partial charge in [0.05, 0.1) is 41.3 Å². The van der Waals surface area contributed by atoms with Gasteiger partial charge in [0.15, 0.2) is 23.0 Å². The largest absolute Gasteiger partial charge is 0.497 e. The van der Waals surface area contributed by atoms with E-state index in [4.69, 9.17) is 23.7 Å². The second-order valence-corrected chi connectivity index (χ2v) is 10.3. The zero-order chi connectivity index (χ0) is 32.0. The average Bonchev–Trinajstić information content (AvgIpc) is 3.06. The van der Waals surface area contributed by atoms with Gasteiger partial charge in [-0.05, 0) is 83.6 Å². The molecule has 9 nitrogen and oxygen atoms in total. The summed E-state index contributed by atoms with van der Waals surface area (Å²) in [6, 6.07) is 26.3. The first-order valence-corrected chi connectivity index (χ1v) is 14.7. The van der Waals surface area contributed by atoms with Crippen molar-refractivity contribution >= 4 is 11.8 Å². The molecule has 0 aliphatic carbocycles. The van der Waals surface area contributed by atoms with Crippen LogP contribution in [0.1, 0.15) is 22.3 Å². The van der Waals surface area contributed by atoms with Gasteiger partial charge >= 0.3 is 0 Å². The molecule has 0 saturated heterocycles. The number of methoxy groups -OCH3 is 4. The molecule has 0 atom stereocenters. The highest BCUT2D eigenvalue weighted by Crippen LogP contribution is 2.33. The monoisotopic (exact) mass is 612 g/mol. The van der Waals surface area contributed by atoms with E-state index in [-0.39, 0.29) is 24.7 Å². The van der Waals surface area contributed by atoms with E-state index in [1.807, 2.05) is 72.8 Å². The summed E-state index contributed by atoms with van der Waals surface area (Å²) < 4.78 is 27.5. The van der Waals surface area contributed by atoms with Crippen molar-refractivity contribution in [2.45, 2.75) is 25.7 Å². The van der Waals surface area contributed by atoms with Gasteiger partial charge in [-0.25, -0.2) is 0 Å². The van der Waals surface area contributed by atoms with Crippen LogP contribution < -0.4 is 34.3 Å². The summed E-state index contributed by atoms with van der Waals surface area (Å²) in [5.41, 5.74) is 3.81. The lowest BCUT2D eigenvalue weighted by atomic mass is 10.1. The van der Waals surface area contributed by atoms with Gasteiger partial charge in [-0.2, -0.15) is 0 Å². The molecule has 0 saturated carbocycles. The van der Waals surface area contributed by atoms with Crippen LogP contribution in [0.3, 0.4) is 0 Å². The molecule has 0 heterocycles. The van der Waals surface area contributed by atoms with Crippen LogP contribution in [0.25, 0.3) is 0 Å². The van der Waals surface area contributed by atoms with E-state index in [9.17, 15) is 9.59 Å². The first kappa shape index (κ1) is 32.7. The quantitative estimate of drug-likeness (QED) is 0.177. The van der Waals surface area contributed by atoms with Gasteiger partial charge in [-0.1, -0.05) is 36.4 Å². The lowest BCUT2D eigenvalue weighted by molar-refractivity contribution is -0.121. The molecule has 4 aromatic rings. The zero-order valence-electron chi connectivity index (χ0n) is 26.2. The fraction of sp³-hybridized carbons (Fsp3) is 0.278. The third-order valence-corrected chi connectivity index (χ3v) is 7.16. The Morgan fingerprint density at radius 3 is 1.69 bits per heavy atom. The van der Waals surface area contributed by atoms with E-state index in [0.717, 1.165) is 28.0 Å². The van der Waals surface area contributed by atoms with Crippen LogP contribution >= 0.6 is 0 Å². The summed E-state index contributed by atoms with van der Waals surface area (Å²) >= 11 is 0. The smallest absolute Gasteiger partial charge is 0.224 e. The zero-order valence-corrected chi connectivity index (χ0v) is 26.2. The van der Waals surface area contributed by atoms with E-state index in [1.54, 1.807) is 40.6 Å². The summed E-state index contributed by atoms with van der Waals surface area (Å²) in [6.07, 6.45) is 1.86. The minimum atomic E-state index is -0.0748. The van der Waals surface area contributed by atoms with Gasteiger partial charge in [0.2, 0.25) is 11.8 Å². The van der Waals surface area contributed by atoms with E-state index < -0.39 is 0 Å². The SMILES string of the molecule is COc1cccc(CCNC(=O)Cc2ccc(Oc3ccc(CC(=O)NCCc4ccc(OC)c(OC)c4)cc3)c(OC)c2)c1. The lowest BCUT2D eigenvalue weighted by Crippen LogP contribution is -2.27. The van der Waals surface area contributed by atoms with Crippen molar-refractivity contribution in [3.8, 4) is 34.5 Å². The lowest BCUT2D eigenvalue weighted by Gasteiger charge is -2.13. The third-order valence-electron chi connectivity index (χ3n) is 7.16. The Labute approximate surface area is 264 Å². The van der Waals surface area contributed by atoms with Crippen molar-refractivity contribution in [1.29, 1.82) is 0 Å². The number of nitrogens with one attached hydrogen (secondary N) is 2. The Morgan fingerprint density at radius 1 is 0.511 bits per heavy atom. The number of amides is 2. The molecule has 0 radical (unpaired) electrons. The number of ether oxygens (including phenoxy) is 5. The molecule has 4 rings (SSSR count). The highest BCUT2D eigenvalue weighted by molar-refractivity contribution is 5.79. The number of hydrogen-bond donors (Lipinski definition) is 2. The Hall–Kier alpha value is -5.18. The van der Waals surface area contributed by atoms with Crippen LogP contribution in [-0.2, 0) is 35.3 Å². The fourth-order valence-corrected chi connectivity index (χ4v) is 4.76. The molecular formula is C36H40N2O7. The molecule has 0 aromatic heterocycles. The summed E-state index contributed by atoms with van der Waals surface area (Å²) in [7, 11) is 6.40. The van der Waals surface area contributed by atoms with Crippen molar-refractivity contribution in [2.24, 2.45) is 0 Å². The number of hydrogen-bond acceptors (Lipinski definition) is 7. The highest BCUT2D eigenvalue weighted by Gasteiger charge is 2.11. The van der Waals surface area contributed by atoms with Crippen molar-refractivity contribution in [3.63, 3.8) is 0 Å². The van der Waals surface area contributed by atoms with Crippen molar-refractivity contribution in [2.75, 3.05) is 41.5 Å². The molecule has 236 valence electrons. The van der Waals surface area contributed by atoms with E-state index in [2.05, 4.69) is 10.6 Å². The van der Waals surface area contributed by atoms with Crippen LogP contribution in [0.5, 0.6) is 34.5 Å². The van der Waals surface area contributed by atoms with Gasteiger partial charge in [-0.3, -0.25) is 9.59 Å². The van der Waals surface area contributed by atoms with Crippen LogP contribution in [0.2, 0.25) is 0 Å². The maximum absolute atomic E-state index is 12.5. The predicted molar refractivity (Wildman–Crippen MR) is 173 cm³/mol. The number of benzene rings is 4. The van der Waals surface area contributed by atoms with Crippen LogP contribution in [0, 0.1) is 0 Å². The second-order valence-electron chi connectivity index (χ2n) is 10.3. The number of carbonyl (C=O) groups excluding carboxylic acids is 2. The molecule has 45 heavy (non-hydrogen) atoms. The molecule has 0 unspecified atom stereocenters. The average molecular weight is 613 g/mol. The molecular weight excluding hydrogens is 572 g/mol. The molecule has 0 aliphatic rings. The maximum Gasteiger partial charge on any atom is 0.224 e. The number of carbonyl (C=O) groups is 2. The Balaban J connectivity index is 1.23. The molecule has 0 bridgehead atoms. The van der Waals surface area contributed by atoms with E-state index in [0.29, 0.717) is 54.7 Å². The molecule has 0 fully saturated rings. The maximum atomic E-state index is 12.5. The fourth-order valence-electron chi connectivity index (χ4n) is 4.76. The van der Waals surface area contributed by atoms with Gasteiger partial charge in [-0.15, -0.1) is 0 Å². The van der Waals surface area contributed by atoms with Crippen molar-refractivity contribution in [3.05, 3.63) is 107 Å². The van der Waals surface area contributed by atoms with Crippen LogP contribution in [-0.4, -0.2) is 53.3 Å². The second kappa shape index (κ2) is 16.6. The number of rotatable bonds is 16. The standard InChI is InChI=1S/C36H40N2O7/c1-41-30-7-5-6-25(20-30)16-18-38-36(40)24-28-11-15-32(34(22-28)44-4)45-29-12-8-26(9-13-29)23-35(39)37-19-17-27-10-14-31(42-2)33(21-27)43-3/h5-15,20-22H,16-19,23-24H2,1-4H3,(H,37,39)(H,38,40). The van der Waals surface area contributed by atoms with Crippen LogP contribution in [0.4, 0.5) is 0 Å². The summed E-state index contributed by atoms with van der Waals surface area (Å²) in [4.78, 5) is 25.0. The third kappa shape index (κ3) is 9.92. The summed E-state index contributed by atoms with van der Waals surface area (Å²) in [6.45, 7) is 1.04. The first-order valence-electron chi connectivity index (χ1n) is 14.7. The van der Waals surface area contributed by atoms with E-state index >= 15 is 0 Å². The van der Waals surface area contributed by atoms with Gasteiger partial charge in [0, 0.05) is 13.1 Å². The first-order chi connectivity index (χ1) is 21.9. The molecule has 4 aromatic carbocycles. The van der Waals surface area contributed by atoms with Gasteiger partial charge < -0.3 is 34.3 Å². The Bertz CT molecular complexity index is 1570. The minimum Gasteiger partial charge on any atom is -0.497 e. The summed E-state index contributed by atoms with van der Waals surface area (Å²) in [5, 5.41) is 5.93. The van der Waals surface area contributed by atoms with Crippen molar-refractivity contribution < 1.29 is 33.3 Å². The highest BCUT2D eigenvalue weighted by atomic mass is 16.5. The minimum absolute atomic E-state index is 0.0641. The Kier molecular flexibility index (Phi) is 12.1. The molecule has 9 heteroatoms. The predicted octanol–water partition coefficient (Wildman–Crippen LogP) is 5.32. The normalized spacial score (nSPS) is 10.5. The van der Waals surface area contributed by atoms with E-state index in [1.165, 1.54) is 0 Å². The van der Waals surface area contributed by atoms with Gasteiger partial charge in [0.25, 0.3) is 0 Å². The topological polar surface area (TPSA) is 104 Å². The molecule has 2 N–H and O–H groups in total. The summed E-state index contributed by atoms with van der Waals surface area (Å²) in [5.74, 6) is 3.65. The Morgan fingerprint density at radius 2 is 1.04 bits per heavy atom.